The summed E-state index contributed by atoms with van der Waals surface area (Å²) in [5.74, 6) is 0.832. The molecule has 2 N–H and O–H groups in total. The van der Waals surface area contributed by atoms with Crippen LogP contribution in [0.25, 0.3) is 0 Å². The van der Waals surface area contributed by atoms with Crippen molar-refractivity contribution in [3.8, 4) is 0 Å². The Morgan fingerprint density at radius 1 is 1.22 bits per heavy atom. The van der Waals surface area contributed by atoms with E-state index in [4.69, 9.17) is 0 Å². The summed E-state index contributed by atoms with van der Waals surface area (Å²) >= 11 is 0. The highest BCUT2D eigenvalue weighted by atomic mass is 16.1. The van der Waals surface area contributed by atoms with Gasteiger partial charge in [0, 0.05) is 24.5 Å². The molecule has 0 aromatic heterocycles. The van der Waals surface area contributed by atoms with E-state index in [9.17, 15) is 4.79 Å². The van der Waals surface area contributed by atoms with Gasteiger partial charge in [-0.25, -0.2) is 0 Å². The molecule has 126 valence electrons. The monoisotopic (exact) mass is 314 g/mol. The van der Waals surface area contributed by atoms with Gasteiger partial charge in [0.15, 0.2) is 0 Å². The second-order valence-electron chi connectivity index (χ2n) is 7.42. The molecule has 1 aromatic rings. The summed E-state index contributed by atoms with van der Waals surface area (Å²) in [7, 11) is 0. The van der Waals surface area contributed by atoms with E-state index >= 15 is 0 Å². The third-order valence-corrected chi connectivity index (χ3v) is 5.37. The summed E-state index contributed by atoms with van der Waals surface area (Å²) in [5, 5.41) is 6.96. The van der Waals surface area contributed by atoms with Gasteiger partial charge in [-0.05, 0) is 50.0 Å². The van der Waals surface area contributed by atoms with Gasteiger partial charge in [-0.3, -0.25) is 4.79 Å². The van der Waals surface area contributed by atoms with Crippen molar-refractivity contribution in [1.29, 1.82) is 0 Å². The summed E-state index contributed by atoms with van der Waals surface area (Å²) in [4.78, 5) is 12.5. The number of benzene rings is 1. The summed E-state index contributed by atoms with van der Waals surface area (Å²) in [6, 6.07) is 12.1. The molecule has 2 fully saturated rings. The summed E-state index contributed by atoms with van der Waals surface area (Å²) < 4.78 is 0. The molecule has 2 heterocycles. The third-order valence-electron chi connectivity index (χ3n) is 5.37. The first-order chi connectivity index (χ1) is 11.2. The minimum Gasteiger partial charge on any atom is -0.353 e. The van der Waals surface area contributed by atoms with Crippen LogP contribution in [0.4, 0.5) is 0 Å². The van der Waals surface area contributed by atoms with E-state index in [-0.39, 0.29) is 11.9 Å². The lowest BCUT2D eigenvalue weighted by molar-refractivity contribution is -0.123. The van der Waals surface area contributed by atoms with Gasteiger partial charge in [0.05, 0.1) is 0 Å². The molecule has 23 heavy (non-hydrogen) atoms. The van der Waals surface area contributed by atoms with E-state index in [2.05, 4.69) is 41.8 Å². The number of fused-ring (bicyclic) bond motifs is 2. The maximum absolute atomic E-state index is 12.5. The van der Waals surface area contributed by atoms with Gasteiger partial charge in [-0.2, -0.15) is 0 Å². The Bertz CT molecular complexity index is 490. The van der Waals surface area contributed by atoms with Crippen LogP contribution in [0.5, 0.6) is 0 Å². The lowest BCUT2D eigenvalue weighted by atomic mass is 9.89. The summed E-state index contributed by atoms with van der Waals surface area (Å²) in [6.07, 6.45) is 8.78. The average molecular weight is 314 g/mol. The minimum absolute atomic E-state index is 0.255. The van der Waals surface area contributed by atoms with Crippen LogP contribution in [0.15, 0.2) is 30.3 Å². The zero-order chi connectivity index (χ0) is 16.1. The second kappa shape index (κ2) is 7.96. The zero-order valence-corrected chi connectivity index (χ0v) is 14.3. The smallest absolute Gasteiger partial charge is 0.220 e. The Labute approximate surface area is 140 Å². The maximum Gasteiger partial charge on any atom is 0.220 e. The molecule has 2 aliphatic heterocycles. The van der Waals surface area contributed by atoms with Crippen molar-refractivity contribution in [2.75, 3.05) is 0 Å². The van der Waals surface area contributed by atoms with E-state index < -0.39 is 0 Å². The van der Waals surface area contributed by atoms with Crippen molar-refractivity contribution in [3.63, 3.8) is 0 Å². The highest BCUT2D eigenvalue weighted by Gasteiger charge is 2.34. The van der Waals surface area contributed by atoms with Crippen LogP contribution in [-0.4, -0.2) is 24.0 Å². The van der Waals surface area contributed by atoms with Crippen LogP contribution in [0, 0.1) is 5.92 Å². The molecule has 0 radical (unpaired) electrons. The maximum atomic E-state index is 12.5. The minimum atomic E-state index is 0.255. The molecule has 2 bridgehead atoms. The van der Waals surface area contributed by atoms with E-state index in [0.29, 0.717) is 24.4 Å². The van der Waals surface area contributed by atoms with Crippen molar-refractivity contribution >= 4 is 5.91 Å². The Hall–Kier alpha value is -1.35. The van der Waals surface area contributed by atoms with Gasteiger partial charge < -0.3 is 10.6 Å². The van der Waals surface area contributed by atoms with Crippen LogP contribution >= 0.6 is 0 Å². The molecule has 1 amide bonds. The van der Waals surface area contributed by atoms with Crippen LogP contribution in [0.2, 0.25) is 0 Å². The lowest BCUT2D eigenvalue weighted by Gasteiger charge is -2.29. The summed E-state index contributed by atoms with van der Waals surface area (Å²) in [5.41, 5.74) is 1.31. The van der Waals surface area contributed by atoms with Gasteiger partial charge in [-0.1, -0.05) is 43.7 Å². The molecule has 0 saturated carbocycles. The van der Waals surface area contributed by atoms with Crippen molar-refractivity contribution in [1.82, 2.24) is 10.6 Å². The molecule has 0 aliphatic carbocycles. The molecule has 3 atom stereocenters. The predicted molar refractivity (Wildman–Crippen MR) is 94.3 cm³/mol. The molecule has 0 spiro atoms. The SMILES string of the molecule is CCCC(Cc1ccccc1)NC(=O)CC1CC2CCC(C1)N2. The Morgan fingerprint density at radius 3 is 2.57 bits per heavy atom. The molecule has 3 rings (SSSR count). The fourth-order valence-electron chi connectivity index (χ4n) is 4.36. The number of hydrogen-bond acceptors (Lipinski definition) is 2. The Morgan fingerprint density at radius 2 is 1.91 bits per heavy atom. The highest BCUT2D eigenvalue weighted by molar-refractivity contribution is 5.76. The van der Waals surface area contributed by atoms with Crippen LogP contribution < -0.4 is 10.6 Å². The number of amides is 1. The molecule has 3 nitrogen and oxygen atoms in total. The van der Waals surface area contributed by atoms with Gasteiger partial charge in [0.25, 0.3) is 0 Å². The molecule has 3 heteroatoms. The number of hydrogen-bond donors (Lipinski definition) is 2. The van der Waals surface area contributed by atoms with Gasteiger partial charge in [0.1, 0.15) is 0 Å². The third kappa shape index (κ3) is 4.81. The van der Waals surface area contributed by atoms with E-state index in [1.165, 1.54) is 31.2 Å². The quantitative estimate of drug-likeness (QED) is 0.809. The molecule has 1 aromatic carbocycles. The molecule has 2 aliphatic rings. The first kappa shape index (κ1) is 16.5. The summed E-state index contributed by atoms with van der Waals surface area (Å²) in [6.45, 7) is 2.19. The number of rotatable bonds is 7. The molecular weight excluding hydrogens is 284 g/mol. The van der Waals surface area contributed by atoms with Crippen molar-refractivity contribution < 1.29 is 4.79 Å². The zero-order valence-electron chi connectivity index (χ0n) is 14.3. The van der Waals surface area contributed by atoms with Crippen molar-refractivity contribution in [3.05, 3.63) is 35.9 Å². The Kier molecular flexibility index (Phi) is 5.71. The van der Waals surface area contributed by atoms with Crippen molar-refractivity contribution in [2.24, 2.45) is 5.92 Å². The highest BCUT2D eigenvalue weighted by Crippen LogP contribution is 2.32. The van der Waals surface area contributed by atoms with Crippen LogP contribution in [0.1, 0.15) is 57.4 Å². The average Bonchev–Trinajstić information content (AvgIpc) is 2.87. The van der Waals surface area contributed by atoms with Crippen LogP contribution in [-0.2, 0) is 11.2 Å². The number of piperidine rings is 1. The molecular formula is C20H30N2O. The normalized spacial score (nSPS) is 27.6. The number of carbonyl (C=O) groups excluding carboxylic acids is 1. The Balaban J connectivity index is 1.49. The standard InChI is InChI=1S/C20H30N2O/c1-2-6-17(11-15-7-4-3-5-8-15)22-20(23)14-16-12-18-9-10-19(13-16)21-18/h3-5,7-8,16-19,21H,2,6,9-14H2,1H3,(H,22,23). The first-order valence-corrected chi connectivity index (χ1v) is 9.32. The fraction of sp³-hybridized carbons (Fsp3) is 0.650. The van der Waals surface area contributed by atoms with Gasteiger partial charge in [-0.15, -0.1) is 0 Å². The number of carbonyl (C=O) groups is 1. The lowest BCUT2D eigenvalue weighted by Crippen LogP contribution is -2.41. The second-order valence-corrected chi connectivity index (χ2v) is 7.42. The fourth-order valence-corrected chi connectivity index (χ4v) is 4.36. The largest absolute Gasteiger partial charge is 0.353 e. The van der Waals surface area contributed by atoms with Gasteiger partial charge >= 0.3 is 0 Å². The van der Waals surface area contributed by atoms with Gasteiger partial charge in [0.2, 0.25) is 5.91 Å². The first-order valence-electron chi connectivity index (χ1n) is 9.32. The number of nitrogens with one attached hydrogen (secondary N) is 2. The van der Waals surface area contributed by atoms with E-state index in [1.807, 2.05) is 6.07 Å². The molecule has 3 unspecified atom stereocenters. The van der Waals surface area contributed by atoms with E-state index in [1.54, 1.807) is 0 Å². The predicted octanol–water partition coefficient (Wildman–Crippen LogP) is 3.43. The van der Waals surface area contributed by atoms with Crippen molar-refractivity contribution in [2.45, 2.75) is 76.4 Å². The van der Waals surface area contributed by atoms with E-state index in [0.717, 1.165) is 19.3 Å². The molecule has 2 saturated heterocycles. The van der Waals surface area contributed by atoms with Crippen LogP contribution in [0.3, 0.4) is 0 Å². The topological polar surface area (TPSA) is 41.1 Å².